The molecule has 154 valence electrons. The van der Waals surface area contributed by atoms with Crippen molar-refractivity contribution >= 4 is 29.0 Å². The van der Waals surface area contributed by atoms with E-state index in [2.05, 4.69) is 0 Å². The molecule has 2 N–H and O–H groups in total. The lowest BCUT2D eigenvalue weighted by Gasteiger charge is -2.33. The molecule has 31 heavy (non-hydrogen) atoms. The van der Waals surface area contributed by atoms with Gasteiger partial charge in [-0.1, -0.05) is 48.2 Å². The molecule has 0 saturated heterocycles. The molecule has 0 amide bonds. The van der Waals surface area contributed by atoms with Crippen LogP contribution in [0.4, 0.5) is 5.69 Å². The van der Waals surface area contributed by atoms with Crippen molar-refractivity contribution in [1.82, 2.24) is 0 Å². The molecular weight excluding hydrogens is 410 g/mol. The van der Waals surface area contributed by atoms with Gasteiger partial charge in [-0.25, -0.2) is 0 Å². The van der Waals surface area contributed by atoms with Crippen LogP contribution >= 0.6 is 11.8 Å². The molecule has 0 radical (unpaired) electrons. The quantitative estimate of drug-likeness (QED) is 0.568. The Kier molecular flexibility index (Phi) is 4.79. The summed E-state index contributed by atoms with van der Waals surface area (Å²) in [5.74, 6) is -1.13. The molecule has 6 heteroatoms. The summed E-state index contributed by atoms with van der Waals surface area (Å²) in [6.45, 7) is 0.421. The number of Topliss-reactive ketones (excluding diaryl/α,β-unsaturated/α-hetero) is 2. The Labute approximate surface area is 183 Å². The van der Waals surface area contributed by atoms with Crippen LogP contribution in [0.25, 0.3) is 0 Å². The largest absolute Gasteiger partial charge is 0.507 e. The molecular formula is C25H19NO4S. The molecule has 0 spiro atoms. The number of hydrogen-bond acceptors (Lipinski definition) is 6. The van der Waals surface area contributed by atoms with Crippen LogP contribution in [0.5, 0.6) is 11.5 Å². The first-order valence-electron chi connectivity index (χ1n) is 9.97. The van der Waals surface area contributed by atoms with E-state index in [4.69, 9.17) is 0 Å². The van der Waals surface area contributed by atoms with E-state index in [0.717, 1.165) is 15.6 Å². The highest BCUT2D eigenvalue weighted by molar-refractivity contribution is 8.03. The van der Waals surface area contributed by atoms with Crippen molar-refractivity contribution in [3.63, 3.8) is 0 Å². The van der Waals surface area contributed by atoms with E-state index < -0.39 is 5.92 Å². The number of carbonyl (C=O) groups excluding carboxylic acids is 2. The number of phenols is 2. The number of fused-ring (bicyclic) bond motifs is 3. The summed E-state index contributed by atoms with van der Waals surface area (Å²) in [4.78, 5) is 29.8. The van der Waals surface area contributed by atoms with Crippen LogP contribution in [0.2, 0.25) is 0 Å². The van der Waals surface area contributed by atoms with Gasteiger partial charge in [0, 0.05) is 22.9 Å². The first-order chi connectivity index (χ1) is 15.0. The predicted molar refractivity (Wildman–Crippen MR) is 120 cm³/mol. The number of hydrogen-bond donors (Lipinski definition) is 2. The van der Waals surface area contributed by atoms with Gasteiger partial charge >= 0.3 is 0 Å². The minimum absolute atomic E-state index is 0.0629. The summed E-state index contributed by atoms with van der Waals surface area (Å²) in [7, 11) is 0. The molecule has 0 bridgehead atoms. The standard InChI is InChI=1S/C25H19NO4S/c27-20-10-4-1-7-16(20)23(29)15-13-18(24(30)17-8-2-5-11-21(17)28)25-26(14-15)19-9-3-6-12-22(19)31-25/h1-12,15,27-28H,13-14H2. The third-order valence-corrected chi connectivity index (χ3v) is 6.91. The topological polar surface area (TPSA) is 77.8 Å². The Morgan fingerprint density at radius 1 is 0.839 bits per heavy atom. The number of para-hydroxylation sites is 3. The van der Waals surface area contributed by atoms with E-state index in [9.17, 15) is 19.8 Å². The van der Waals surface area contributed by atoms with E-state index in [1.54, 1.807) is 36.4 Å². The highest BCUT2D eigenvalue weighted by Gasteiger charge is 2.40. The van der Waals surface area contributed by atoms with E-state index in [-0.39, 0.29) is 40.6 Å². The first-order valence-corrected chi connectivity index (χ1v) is 10.8. The zero-order valence-electron chi connectivity index (χ0n) is 16.5. The highest BCUT2D eigenvalue weighted by Crippen LogP contribution is 2.51. The number of rotatable bonds is 4. The van der Waals surface area contributed by atoms with Crippen molar-refractivity contribution in [3.05, 3.63) is 94.5 Å². The molecule has 0 saturated carbocycles. The van der Waals surface area contributed by atoms with Gasteiger partial charge in [-0.05, 0) is 42.8 Å². The Balaban J connectivity index is 1.60. The number of aromatic hydroxyl groups is 2. The summed E-state index contributed by atoms with van der Waals surface area (Å²) in [5, 5.41) is 21.2. The Morgan fingerprint density at radius 2 is 1.45 bits per heavy atom. The fourth-order valence-electron chi connectivity index (χ4n) is 4.16. The normalized spacial score (nSPS) is 17.3. The average Bonchev–Trinajstić information content (AvgIpc) is 3.17. The maximum Gasteiger partial charge on any atom is 0.195 e. The number of nitrogens with zero attached hydrogens (tertiary/aromatic N) is 1. The van der Waals surface area contributed by atoms with E-state index >= 15 is 0 Å². The zero-order chi connectivity index (χ0) is 21.5. The van der Waals surface area contributed by atoms with Crippen LogP contribution in [0, 0.1) is 5.92 Å². The van der Waals surface area contributed by atoms with E-state index in [1.165, 1.54) is 23.9 Å². The van der Waals surface area contributed by atoms with Gasteiger partial charge in [0.25, 0.3) is 0 Å². The van der Waals surface area contributed by atoms with Gasteiger partial charge in [-0.3, -0.25) is 9.59 Å². The second-order valence-electron chi connectivity index (χ2n) is 7.59. The average molecular weight is 429 g/mol. The molecule has 5 rings (SSSR count). The smallest absolute Gasteiger partial charge is 0.195 e. The fraction of sp³-hybridized carbons (Fsp3) is 0.120. The highest BCUT2D eigenvalue weighted by atomic mass is 32.2. The van der Waals surface area contributed by atoms with Crippen molar-refractivity contribution in [2.75, 3.05) is 11.4 Å². The molecule has 0 aromatic heterocycles. The summed E-state index contributed by atoms with van der Waals surface area (Å²) in [6.07, 6.45) is 0.243. The van der Waals surface area contributed by atoms with Crippen molar-refractivity contribution in [1.29, 1.82) is 0 Å². The van der Waals surface area contributed by atoms with Crippen molar-refractivity contribution < 1.29 is 19.8 Å². The maximum atomic E-state index is 13.5. The van der Waals surface area contributed by atoms with Crippen molar-refractivity contribution in [2.45, 2.75) is 11.3 Å². The van der Waals surface area contributed by atoms with E-state index in [0.29, 0.717) is 12.1 Å². The van der Waals surface area contributed by atoms with Crippen molar-refractivity contribution in [2.24, 2.45) is 5.92 Å². The molecule has 1 unspecified atom stereocenters. The SMILES string of the molecule is O=C(C1=C2Sc3ccccc3N2CC(C(=O)c2ccccc2O)C1)c1ccccc1O. The molecule has 0 fully saturated rings. The molecule has 5 nitrogen and oxygen atoms in total. The summed E-state index contributed by atoms with van der Waals surface area (Å²) in [6, 6.07) is 20.8. The van der Waals surface area contributed by atoms with Gasteiger partial charge < -0.3 is 15.1 Å². The fourth-order valence-corrected chi connectivity index (χ4v) is 5.38. The molecule has 1 atom stereocenters. The van der Waals surface area contributed by atoms with Gasteiger partial charge in [-0.15, -0.1) is 0 Å². The molecule has 3 aromatic carbocycles. The number of benzene rings is 3. The number of anilines is 1. The molecule has 2 heterocycles. The van der Waals surface area contributed by atoms with Gasteiger partial charge in [0.05, 0.1) is 21.8 Å². The van der Waals surface area contributed by atoms with Crippen LogP contribution in [0.15, 0.2) is 88.3 Å². The molecule has 0 aliphatic carbocycles. The van der Waals surface area contributed by atoms with Gasteiger partial charge in [0.2, 0.25) is 0 Å². The summed E-state index contributed by atoms with van der Waals surface area (Å²) >= 11 is 1.51. The number of allylic oxidation sites excluding steroid dienone is 1. The van der Waals surface area contributed by atoms with Gasteiger partial charge in [-0.2, -0.15) is 0 Å². The van der Waals surface area contributed by atoms with Gasteiger partial charge in [0.1, 0.15) is 11.5 Å². The second-order valence-corrected chi connectivity index (χ2v) is 8.62. The van der Waals surface area contributed by atoms with Crippen LogP contribution in [0.1, 0.15) is 27.1 Å². The number of phenolic OH excluding ortho intramolecular Hbond substituents is 2. The number of ketones is 2. The van der Waals surface area contributed by atoms with Gasteiger partial charge in [0.15, 0.2) is 11.6 Å². The first kappa shape index (κ1) is 19.5. The lowest BCUT2D eigenvalue weighted by Crippen LogP contribution is -2.37. The summed E-state index contributed by atoms with van der Waals surface area (Å²) < 4.78 is 0. The maximum absolute atomic E-state index is 13.5. The Morgan fingerprint density at radius 3 is 2.16 bits per heavy atom. The minimum Gasteiger partial charge on any atom is -0.507 e. The lowest BCUT2D eigenvalue weighted by molar-refractivity contribution is 0.0912. The number of carbonyl (C=O) groups is 2. The molecule has 2 aliphatic heterocycles. The predicted octanol–water partition coefficient (Wildman–Crippen LogP) is 5.01. The second kappa shape index (κ2) is 7.63. The lowest BCUT2D eigenvalue weighted by atomic mass is 9.85. The Hall–Kier alpha value is -3.51. The van der Waals surface area contributed by atoms with Crippen LogP contribution in [-0.2, 0) is 0 Å². The van der Waals surface area contributed by atoms with Crippen LogP contribution < -0.4 is 4.90 Å². The van der Waals surface area contributed by atoms with E-state index in [1.807, 2.05) is 29.2 Å². The monoisotopic (exact) mass is 429 g/mol. The zero-order valence-corrected chi connectivity index (χ0v) is 17.3. The number of thioether (sulfide) groups is 1. The Bertz CT molecular complexity index is 1250. The summed E-state index contributed by atoms with van der Waals surface area (Å²) in [5.41, 5.74) is 1.94. The molecule has 3 aromatic rings. The molecule has 2 aliphatic rings. The third-order valence-electron chi connectivity index (χ3n) is 5.68. The third kappa shape index (κ3) is 3.29. The van der Waals surface area contributed by atoms with Crippen molar-refractivity contribution in [3.8, 4) is 11.5 Å². The minimum atomic E-state index is -0.506. The van der Waals surface area contributed by atoms with Crippen LogP contribution in [-0.4, -0.2) is 28.3 Å². The van der Waals surface area contributed by atoms with Crippen LogP contribution in [0.3, 0.4) is 0 Å².